The van der Waals surface area contributed by atoms with Gasteiger partial charge in [-0.1, -0.05) is 18.2 Å². The Hall–Kier alpha value is -1.88. The van der Waals surface area contributed by atoms with Gasteiger partial charge in [-0.25, -0.2) is 4.57 Å². The highest BCUT2D eigenvalue weighted by molar-refractivity contribution is 7.49. The SMILES string of the molecule is O=C1C=CCC(NP(=O)(O)O)=C1CCCCc1cccc(O)c1. The Kier molecular flexibility index (Phi) is 5.77. The van der Waals surface area contributed by atoms with Gasteiger partial charge in [0.15, 0.2) is 5.78 Å². The zero-order valence-corrected chi connectivity index (χ0v) is 13.5. The molecule has 6 nitrogen and oxygen atoms in total. The molecule has 1 aromatic rings. The van der Waals surface area contributed by atoms with Crippen LogP contribution in [0.4, 0.5) is 0 Å². The molecule has 4 N–H and O–H groups in total. The average molecular weight is 337 g/mol. The van der Waals surface area contributed by atoms with Gasteiger partial charge in [-0.05, 0) is 49.5 Å². The summed E-state index contributed by atoms with van der Waals surface area (Å²) in [6, 6.07) is 7.02. The fourth-order valence-corrected chi connectivity index (χ4v) is 3.14. The standard InChI is InChI=1S/C16H20NO5P/c18-13-7-3-6-12(11-13)5-1-2-8-14-15(17-23(20,21)22)9-4-10-16(14)19/h3-4,6-7,10-11,18H,1-2,5,8-9H2,(H3,17,20,21,22). The Morgan fingerprint density at radius 2 is 1.91 bits per heavy atom. The number of ketones is 1. The van der Waals surface area contributed by atoms with Crippen molar-refractivity contribution in [2.75, 3.05) is 0 Å². The molecule has 7 heteroatoms. The van der Waals surface area contributed by atoms with E-state index in [2.05, 4.69) is 5.09 Å². The van der Waals surface area contributed by atoms with E-state index in [0.717, 1.165) is 24.8 Å². The van der Waals surface area contributed by atoms with Crippen molar-refractivity contribution in [1.29, 1.82) is 0 Å². The molecule has 0 amide bonds. The zero-order chi connectivity index (χ0) is 16.9. The minimum atomic E-state index is -4.41. The third kappa shape index (κ3) is 5.67. The van der Waals surface area contributed by atoms with E-state index < -0.39 is 7.75 Å². The number of hydrogen-bond donors (Lipinski definition) is 4. The van der Waals surface area contributed by atoms with Gasteiger partial charge in [-0.15, -0.1) is 0 Å². The van der Waals surface area contributed by atoms with Crippen molar-refractivity contribution in [3.8, 4) is 5.75 Å². The van der Waals surface area contributed by atoms with E-state index in [9.17, 15) is 14.5 Å². The van der Waals surface area contributed by atoms with E-state index in [0.29, 0.717) is 24.1 Å². The highest BCUT2D eigenvalue weighted by Crippen LogP contribution is 2.34. The molecule has 0 atom stereocenters. The summed E-state index contributed by atoms with van der Waals surface area (Å²) in [5.41, 5.74) is 1.76. The quantitative estimate of drug-likeness (QED) is 0.450. The molecule has 0 fully saturated rings. The van der Waals surface area contributed by atoms with Crippen molar-refractivity contribution in [3.05, 3.63) is 53.3 Å². The molecule has 0 saturated heterocycles. The topological polar surface area (TPSA) is 107 Å². The Labute approximate surface area is 134 Å². The lowest BCUT2D eigenvalue weighted by Crippen LogP contribution is -2.18. The van der Waals surface area contributed by atoms with Crippen molar-refractivity contribution >= 4 is 13.5 Å². The van der Waals surface area contributed by atoms with Crippen LogP contribution in [0.1, 0.15) is 31.2 Å². The van der Waals surface area contributed by atoms with E-state index in [4.69, 9.17) is 9.79 Å². The van der Waals surface area contributed by atoms with Crippen LogP contribution in [-0.2, 0) is 15.8 Å². The number of unbranched alkanes of at least 4 members (excludes halogenated alkanes) is 1. The third-order valence-corrected chi connectivity index (χ3v) is 4.15. The highest BCUT2D eigenvalue weighted by atomic mass is 31.2. The largest absolute Gasteiger partial charge is 0.508 e. The minimum absolute atomic E-state index is 0.204. The summed E-state index contributed by atoms with van der Waals surface area (Å²) in [7, 11) is -4.41. The summed E-state index contributed by atoms with van der Waals surface area (Å²) >= 11 is 0. The van der Waals surface area contributed by atoms with Gasteiger partial charge < -0.3 is 14.9 Å². The lowest BCUT2D eigenvalue weighted by atomic mass is 9.95. The lowest BCUT2D eigenvalue weighted by molar-refractivity contribution is -0.111. The van der Waals surface area contributed by atoms with E-state index in [-0.39, 0.29) is 11.5 Å². The van der Waals surface area contributed by atoms with Gasteiger partial charge in [0.05, 0.1) is 0 Å². The number of aryl methyl sites for hydroxylation is 1. The molecule has 1 aliphatic rings. The van der Waals surface area contributed by atoms with E-state index in [1.165, 1.54) is 6.08 Å². The number of nitrogens with one attached hydrogen (secondary N) is 1. The first kappa shape index (κ1) is 17.5. The molecular formula is C16H20NO5P. The van der Waals surface area contributed by atoms with E-state index >= 15 is 0 Å². The number of carbonyl (C=O) groups is 1. The second-order valence-corrected chi connectivity index (χ2v) is 6.77. The number of aromatic hydroxyl groups is 1. The van der Waals surface area contributed by atoms with Gasteiger partial charge in [0.2, 0.25) is 0 Å². The smallest absolute Gasteiger partial charge is 0.427 e. The summed E-state index contributed by atoms with van der Waals surface area (Å²) < 4.78 is 11.1. The monoisotopic (exact) mass is 337 g/mol. The molecule has 0 unspecified atom stereocenters. The Morgan fingerprint density at radius 1 is 1.17 bits per heavy atom. The van der Waals surface area contributed by atoms with Crippen LogP contribution in [0.5, 0.6) is 5.75 Å². The maximum atomic E-state index is 11.9. The van der Waals surface area contributed by atoms with E-state index in [1.807, 2.05) is 6.07 Å². The summed E-state index contributed by atoms with van der Waals surface area (Å²) in [5.74, 6) is 0.0236. The second kappa shape index (κ2) is 7.59. The molecule has 124 valence electrons. The van der Waals surface area contributed by atoms with Gasteiger partial charge in [0, 0.05) is 17.7 Å². The van der Waals surface area contributed by atoms with Crippen molar-refractivity contribution < 1.29 is 24.3 Å². The number of benzene rings is 1. The molecule has 2 rings (SSSR count). The number of allylic oxidation sites excluding steroid dienone is 3. The lowest BCUT2D eigenvalue weighted by Gasteiger charge is -2.18. The van der Waals surface area contributed by atoms with Gasteiger partial charge in [-0.2, -0.15) is 0 Å². The Bertz CT molecular complexity index is 689. The molecule has 23 heavy (non-hydrogen) atoms. The average Bonchev–Trinajstić information content (AvgIpc) is 2.44. The number of hydrogen-bond acceptors (Lipinski definition) is 3. The number of phenols is 1. The molecule has 0 heterocycles. The summed E-state index contributed by atoms with van der Waals surface area (Å²) in [5, 5.41) is 11.6. The fraction of sp³-hybridized carbons (Fsp3) is 0.312. The maximum Gasteiger partial charge on any atom is 0.427 e. The molecule has 0 spiro atoms. The number of phenolic OH excluding ortho intramolecular Hbond substituents is 1. The first-order valence-electron chi connectivity index (χ1n) is 7.40. The van der Waals surface area contributed by atoms with Crippen LogP contribution in [0.2, 0.25) is 0 Å². The fourth-order valence-electron chi connectivity index (χ4n) is 2.56. The van der Waals surface area contributed by atoms with Crippen LogP contribution in [0.25, 0.3) is 0 Å². The molecule has 0 bridgehead atoms. The van der Waals surface area contributed by atoms with Crippen LogP contribution < -0.4 is 5.09 Å². The molecule has 1 aromatic carbocycles. The summed E-state index contributed by atoms with van der Waals surface area (Å²) in [6.07, 6.45) is 6.12. The minimum Gasteiger partial charge on any atom is -0.508 e. The Balaban J connectivity index is 1.93. The van der Waals surface area contributed by atoms with Gasteiger partial charge >= 0.3 is 7.75 Å². The van der Waals surface area contributed by atoms with E-state index in [1.54, 1.807) is 24.3 Å². The van der Waals surface area contributed by atoms with Crippen LogP contribution in [-0.4, -0.2) is 20.7 Å². The van der Waals surface area contributed by atoms with Gasteiger partial charge in [-0.3, -0.25) is 9.88 Å². The van der Waals surface area contributed by atoms with Crippen LogP contribution >= 0.6 is 7.75 Å². The first-order valence-corrected chi connectivity index (χ1v) is 9.01. The van der Waals surface area contributed by atoms with Crippen molar-refractivity contribution in [2.45, 2.75) is 32.1 Å². The predicted octanol–water partition coefficient (Wildman–Crippen LogP) is 2.57. The number of rotatable bonds is 7. The molecule has 0 aliphatic heterocycles. The molecule has 1 aliphatic carbocycles. The second-order valence-electron chi connectivity index (χ2n) is 5.46. The zero-order valence-electron chi connectivity index (χ0n) is 12.6. The van der Waals surface area contributed by atoms with Gasteiger partial charge in [0.25, 0.3) is 0 Å². The molecule has 0 saturated carbocycles. The van der Waals surface area contributed by atoms with Gasteiger partial charge in [0.1, 0.15) is 5.75 Å². The third-order valence-electron chi connectivity index (χ3n) is 3.59. The number of carbonyl (C=O) groups excluding carboxylic acids is 1. The van der Waals surface area contributed by atoms with Crippen molar-refractivity contribution in [1.82, 2.24) is 5.09 Å². The highest BCUT2D eigenvalue weighted by Gasteiger charge is 2.21. The van der Waals surface area contributed by atoms with Crippen LogP contribution in [0.3, 0.4) is 0 Å². The molecular weight excluding hydrogens is 317 g/mol. The Morgan fingerprint density at radius 3 is 2.61 bits per heavy atom. The molecule has 0 aromatic heterocycles. The maximum absolute atomic E-state index is 11.9. The van der Waals surface area contributed by atoms with Crippen LogP contribution in [0.15, 0.2) is 47.7 Å². The van der Waals surface area contributed by atoms with Crippen molar-refractivity contribution in [2.24, 2.45) is 0 Å². The molecule has 0 radical (unpaired) electrons. The normalized spacial score (nSPS) is 15.1. The first-order chi connectivity index (χ1) is 10.8. The summed E-state index contributed by atoms with van der Waals surface area (Å²) in [4.78, 5) is 30.0. The van der Waals surface area contributed by atoms with Crippen molar-refractivity contribution in [3.63, 3.8) is 0 Å². The predicted molar refractivity (Wildman–Crippen MR) is 86.6 cm³/mol. The summed E-state index contributed by atoms with van der Waals surface area (Å²) in [6.45, 7) is 0. The van der Waals surface area contributed by atoms with Crippen LogP contribution in [0, 0.1) is 0 Å².